The fourth-order valence-electron chi connectivity index (χ4n) is 8.73. The number of aryl methyl sites for hydroxylation is 2. The molecule has 66 heavy (non-hydrogen) atoms. The smallest absolute Gasteiger partial charge is 0.253 e. The molecule has 4 fully saturated rings. The van der Waals surface area contributed by atoms with E-state index in [1.54, 1.807) is 19.2 Å². The van der Waals surface area contributed by atoms with Crippen molar-refractivity contribution in [1.82, 2.24) is 35.1 Å². The lowest BCUT2D eigenvalue weighted by molar-refractivity contribution is 0.0705. The predicted octanol–water partition coefficient (Wildman–Crippen LogP) is 9.30. The number of aromatic amines is 2. The third-order valence-corrected chi connectivity index (χ3v) is 12.9. The lowest BCUT2D eigenvalue weighted by atomic mass is 9.88. The number of amides is 2. The molecule has 3 N–H and O–H groups in total. The number of hydrogen-bond donors (Lipinski definition) is 3. The molecule has 0 saturated carbocycles. The number of nitriles is 2. The molecular weight excluding hydrogens is 851 g/mol. The molecule has 4 aliphatic rings. The van der Waals surface area contributed by atoms with Crippen LogP contribution in [0.4, 0.5) is 10.1 Å². The summed E-state index contributed by atoms with van der Waals surface area (Å²) < 4.78 is 14.3. The maximum atomic E-state index is 14.3. The van der Waals surface area contributed by atoms with Gasteiger partial charge in [0.25, 0.3) is 11.8 Å². The highest BCUT2D eigenvalue weighted by molar-refractivity contribution is 5.97. The molecule has 10 rings (SSSR count). The Kier molecular flexibility index (Phi) is 15.7. The van der Waals surface area contributed by atoms with Gasteiger partial charge in [-0.15, -0.1) is 12.4 Å². The first-order valence-corrected chi connectivity index (χ1v) is 22.7. The maximum Gasteiger partial charge on any atom is 0.253 e. The van der Waals surface area contributed by atoms with Crippen LogP contribution in [0.15, 0.2) is 97.3 Å². The number of rotatable bonds is 7. The number of piperidine rings is 2. The summed E-state index contributed by atoms with van der Waals surface area (Å²) in [5.74, 6) is 2.01. The molecule has 4 aromatic carbocycles. The number of hydrogen-bond acceptors (Lipinski definition) is 8. The van der Waals surface area contributed by atoms with Gasteiger partial charge < -0.3 is 30.0 Å². The zero-order valence-corrected chi connectivity index (χ0v) is 38.3. The van der Waals surface area contributed by atoms with Crippen LogP contribution in [0.3, 0.4) is 0 Å². The van der Waals surface area contributed by atoms with Gasteiger partial charge in [0.15, 0.2) is 0 Å². The van der Waals surface area contributed by atoms with E-state index in [0.29, 0.717) is 58.7 Å². The number of carbonyl (C=O) groups is 2. The molecule has 4 aliphatic heterocycles. The van der Waals surface area contributed by atoms with Crippen molar-refractivity contribution in [1.29, 1.82) is 10.5 Å². The molecule has 0 aliphatic carbocycles. The van der Waals surface area contributed by atoms with E-state index in [4.69, 9.17) is 10.5 Å². The molecule has 6 aromatic rings. The van der Waals surface area contributed by atoms with Gasteiger partial charge in [0.1, 0.15) is 17.5 Å². The molecule has 0 radical (unpaired) electrons. The zero-order chi connectivity index (χ0) is 45.3. The van der Waals surface area contributed by atoms with Crippen LogP contribution >= 0.6 is 12.4 Å². The van der Waals surface area contributed by atoms with Crippen molar-refractivity contribution in [3.05, 3.63) is 148 Å². The van der Waals surface area contributed by atoms with Crippen LogP contribution in [0, 0.1) is 42.3 Å². The minimum Gasteiger partial charge on any atom is -0.371 e. The standard InChI is InChI=1S/C26H27N5O.C23H21FN4O.C3H7N.ClH/c1-18-28-17-24(29-18)23-15-22(7-8-25(23)30-11-2-12-30)26(32)31-13-9-21(10-14-31)20-5-3-19(16-27)4-6-20;1-15-26-14-22(27-15)20-12-19(6-7-21(20)24)23(29)28-10-8-18(9-11-28)17-4-2-16(13-25)3-5-17;1-2-4-3-1;/h3-8,15,17,21H,2,9-14H2,1H3,(H,28,29);2-7,12,14,18H,8-11H2,1H3,(H,26,27);4H,1-3H2;1H. The second-order valence-corrected chi connectivity index (χ2v) is 17.2. The predicted molar refractivity (Wildman–Crippen MR) is 257 cm³/mol. The number of anilines is 1. The van der Waals surface area contributed by atoms with Gasteiger partial charge in [-0.1, -0.05) is 24.3 Å². The van der Waals surface area contributed by atoms with E-state index in [0.717, 1.165) is 80.2 Å². The normalized spacial score (nSPS) is 15.9. The fraction of sp³-hybridized carbons (Fsp3) is 0.346. The van der Waals surface area contributed by atoms with Crippen molar-refractivity contribution in [2.75, 3.05) is 57.3 Å². The van der Waals surface area contributed by atoms with Crippen molar-refractivity contribution in [2.24, 2.45) is 0 Å². The van der Waals surface area contributed by atoms with E-state index in [9.17, 15) is 14.0 Å². The third-order valence-electron chi connectivity index (χ3n) is 12.9. The first kappa shape index (κ1) is 47.2. The molecule has 0 spiro atoms. The molecule has 2 amide bonds. The Balaban J connectivity index is 0.000000179. The van der Waals surface area contributed by atoms with Crippen LogP contribution in [0.2, 0.25) is 0 Å². The summed E-state index contributed by atoms with van der Waals surface area (Å²) in [6.07, 6.45) is 9.63. The highest BCUT2D eigenvalue weighted by Gasteiger charge is 2.28. The van der Waals surface area contributed by atoms with Crippen LogP contribution in [-0.4, -0.2) is 93.9 Å². The van der Waals surface area contributed by atoms with Crippen LogP contribution in [0.5, 0.6) is 0 Å². The van der Waals surface area contributed by atoms with E-state index < -0.39 is 0 Å². The monoisotopic (exact) mass is 906 g/mol. The van der Waals surface area contributed by atoms with Gasteiger partial charge in [0.2, 0.25) is 0 Å². The highest BCUT2D eigenvalue weighted by atomic mass is 35.5. The maximum absolute atomic E-state index is 14.3. The number of nitrogens with zero attached hydrogens (tertiary/aromatic N) is 7. The Morgan fingerprint density at radius 3 is 1.42 bits per heavy atom. The first-order valence-electron chi connectivity index (χ1n) is 22.7. The molecule has 0 bridgehead atoms. The van der Waals surface area contributed by atoms with Gasteiger partial charge in [-0.25, -0.2) is 14.4 Å². The highest BCUT2D eigenvalue weighted by Crippen LogP contribution is 2.35. The topological polar surface area (TPSA) is 161 Å². The first-order chi connectivity index (χ1) is 31.7. The number of likely N-dealkylation sites (tertiary alicyclic amines) is 2. The second kappa shape index (κ2) is 21.9. The Labute approximate surface area is 392 Å². The fourth-order valence-corrected chi connectivity index (χ4v) is 8.73. The van der Waals surface area contributed by atoms with Crippen molar-refractivity contribution in [3.63, 3.8) is 0 Å². The Morgan fingerprint density at radius 2 is 1.05 bits per heavy atom. The molecule has 6 heterocycles. The summed E-state index contributed by atoms with van der Waals surface area (Å²) in [6, 6.07) is 30.4. The van der Waals surface area contributed by atoms with E-state index in [1.807, 2.05) is 83.6 Å². The van der Waals surface area contributed by atoms with Crippen LogP contribution in [0.25, 0.3) is 22.5 Å². The van der Waals surface area contributed by atoms with Gasteiger partial charge in [0.05, 0.1) is 47.0 Å². The number of H-pyrrole nitrogens is 2. The van der Waals surface area contributed by atoms with E-state index in [-0.39, 0.29) is 30.0 Å². The molecule has 2 aromatic heterocycles. The second-order valence-electron chi connectivity index (χ2n) is 17.2. The zero-order valence-electron chi connectivity index (χ0n) is 37.5. The summed E-state index contributed by atoms with van der Waals surface area (Å²) in [6.45, 7) is 11.1. The molecule has 12 nitrogen and oxygen atoms in total. The van der Waals surface area contributed by atoms with Gasteiger partial charge in [-0.3, -0.25) is 9.59 Å². The minimum absolute atomic E-state index is 0. The van der Waals surface area contributed by atoms with Crippen molar-refractivity contribution in [2.45, 2.75) is 64.2 Å². The summed E-state index contributed by atoms with van der Waals surface area (Å²) >= 11 is 0. The molecule has 4 saturated heterocycles. The van der Waals surface area contributed by atoms with Gasteiger partial charge >= 0.3 is 0 Å². The average Bonchev–Trinajstić information content (AvgIpc) is 3.95. The number of carbonyl (C=O) groups excluding carboxylic acids is 2. The van der Waals surface area contributed by atoms with Crippen molar-refractivity contribution < 1.29 is 14.0 Å². The summed E-state index contributed by atoms with van der Waals surface area (Å²) in [5, 5.41) is 21.0. The van der Waals surface area contributed by atoms with Gasteiger partial charge in [0, 0.05) is 67.2 Å². The Hall–Kier alpha value is -6.80. The molecule has 340 valence electrons. The molecule has 0 unspecified atom stereocenters. The number of imidazole rings is 2. The van der Waals surface area contributed by atoms with E-state index >= 15 is 0 Å². The van der Waals surface area contributed by atoms with Crippen LogP contribution in [0.1, 0.15) is 105 Å². The summed E-state index contributed by atoms with van der Waals surface area (Å²) in [5.41, 5.74) is 9.09. The molecular formula is C52H56ClFN10O2. The summed E-state index contributed by atoms with van der Waals surface area (Å²) in [4.78, 5) is 47.3. The largest absolute Gasteiger partial charge is 0.371 e. The van der Waals surface area contributed by atoms with Crippen molar-refractivity contribution in [3.8, 4) is 34.7 Å². The SMILES string of the molecule is C1CNC1.Cc1ncc(-c2cc(C(=O)N3CCC(c4ccc(C#N)cc4)CC3)ccc2F)[nH]1.Cc1ncc(-c2cc(C(=O)N3CCC(c4ccc(C#N)cc4)CC3)ccc2N2CCC2)[nH]1.Cl. The quantitative estimate of drug-likeness (QED) is 0.143. The van der Waals surface area contributed by atoms with Crippen LogP contribution in [-0.2, 0) is 0 Å². The molecule has 14 heteroatoms. The molecule has 0 atom stereocenters. The number of aromatic nitrogens is 4. The van der Waals surface area contributed by atoms with E-state index in [1.165, 1.54) is 49.2 Å². The van der Waals surface area contributed by atoms with Crippen LogP contribution < -0.4 is 10.2 Å². The number of nitrogens with one attached hydrogen (secondary N) is 3. The van der Waals surface area contributed by atoms with Crippen molar-refractivity contribution >= 4 is 29.9 Å². The van der Waals surface area contributed by atoms with E-state index in [2.05, 4.69) is 48.4 Å². The Morgan fingerprint density at radius 1 is 0.621 bits per heavy atom. The van der Waals surface area contributed by atoms with Gasteiger partial charge in [-0.05, 0) is 149 Å². The Bertz CT molecular complexity index is 2670. The number of halogens is 2. The summed E-state index contributed by atoms with van der Waals surface area (Å²) in [7, 11) is 0. The van der Waals surface area contributed by atoms with Gasteiger partial charge in [-0.2, -0.15) is 10.5 Å². The lowest BCUT2D eigenvalue weighted by Gasteiger charge is -2.35. The third kappa shape index (κ3) is 11.2. The lowest BCUT2D eigenvalue weighted by Crippen LogP contribution is -2.38. The average molecular weight is 908 g/mol. The minimum atomic E-state index is -0.385. The number of benzene rings is 4.